The smallest absolute Gasteiger partial charge is 0.264 e. The van der Waals surface area contributed by atoms with Gasteiger partial charge in [-0.3, -0.25) is 13.9 Å². The number of sulfonamides is 1. The first-order valence-corrected chi connectivity index (χ1v) is 17.1. The van der Waals surface area contributed by atoms with E-state index < -0.39 is 28.5 Å². The minimum atomic E-state index is -4.23. The molecule has 1 fully saturated rings. The van der Waals surface area contributed by atoms with E-state index in [4.69, 9.17) is 14.2 Å². The second kappa shape index (κ2) is 15.8. The number of anilines is 1. The van der Waals surface area contributed by atoms with Crippen LogP contribution in [0.25, 0.3) is 0 Å². The van der Waals surface area contributed by atoms with Gasteiger partial charge in [-0.25, -0.2) is 8.42 Å². The Hall–Kier alpha value is -4.25. The average Bonchev–Trinajstić information content (AvgIpc) is 3.07. The summed E-state index contributed by atoms with van der Waals surface area (Å²) in [7, 11) is 0.271. The quantitative estimate of drug-likeness (QED) is 0.246. The molecular weight excluding hydrogens is 606 g/mol. The molecule has 0 aliphatic heterocycles. The number of carbonyl (C=O) groups excluding carboxylic acids is 2. The standard InChI is InChI=1S/C35H45N3O7S/c1-6-31(35(40)36-27-12-8-7-9-13-27)37(23-26-11-10-14-29(21-26)43-3)34(39)24-38(28-17-20-32(44-4)33(22-28)45-5)46(41,42)30-18-15-25(2)16-19-30/h10-11,14-22,27,31H,6-9,12-13,23-24H2,1-5H3,(H,36,40). The molecule has 0 aromatic heterocycles. The molecule has 3 aromatic carbocycles. The van der Waals surface area contributed by atoms with Crippen molar-refractivity contribution in [3.05, 3.63) is 77.9 Å². The van der Waals surface area contributed by atoms with Crippen LogP contribution in [0.3, 0.4) is 0 Å². The van der Waals surface area contributed by atoms with Crippen LogP contribution in [0, 0.1) is 6.92 Å². The van der Waals surface area contributed by atoms with Gasteiger partial charge in [-0.1, -0.05) is 56.0 Å². The summed E-state index contributed by atoms with van der Waals surface area (Å²) in [6.45, 7) is 3.25. The highest BCUT2D eigenvalue weighted by Gasteiger charge is 2.35. The van der Waals surface area contributed by atoms with Gasteiger partial charge in [-0.2, -0.15) is 0 Å². The number of nitrogens with one attached hydrogen (secondary N) is 1. The molecule has 2 amide bonds. The van der Waals surface area contributed by atoms with Crippen molar-refractivity contribution in [2.75, 3.05) is 32.2 Å². The molecule has 0 heterocycles. The van der Waals surface area contributed by atoms with Crippen LogP contribution in [-0.2, 0) is 26.2 Å². The number of rotatable bonds is 14. The number of carbonyl (C=O) groups is 2. The van der Waals surface area contributed by atoms with Crippen molar-refractivity contribution in [1.29, 1.82) is 0 Å². The van der Waals surface area contributed by atoms with E-state index in [1.807, 2.05) is 26.0 Å². The SMILES string of the molecule is CCC(C(=O)NC1CCCCC1)N(Cc1cccc(OC)c1)C(=O)CN(c1ccc(OC)c(OC)c1)S(=O)(=O)c1ccc(C)cc1. The van der Waals surface area contributed by atoms with Crippen molar-refractivity contribution in [3.63, 3.8) is 0 Å². The zero-order valence-electron chi connectivity index (χ0n) is 27.3. The van der Waals surface area contributed by atoms with E-state index in [0.29, 0.717) is 23.7 Å². The van der Waals surface area contributed by atoms with Gasteiger partial charge >= 0.3 is 0 Å². The van der Waals surface area contributed by atoms with Crippen LogP contribution < -0.4 is 23.8 Å². The summed E-state index contributed by atoms with van der Waals surface area (Å²) < 4.78 is 45.7. The molecule has 1 saturated carbocycles. The summed E-state index contributed by atoms with van der Waals surface area (Å²) >= 11 is 0. The fourth-order valence-corrected chi connectivity index (χ4v) is 7.18. The van der Waals surface area contributed by atoms with E-state index in [1.54, 1.807) is 43.5 Å². The number of hydrogen-bond donors (Lipinski definition) is 1. The number of aryl methyl sites for hydroxylation is 1. The normalized spacial score (nSPS) is 14.2. The van der Waals surface area contributed by atoms with E-state index >= 15 is 0 Å². The summed E-state index contributed by atoms with van der Waals surface area (Å²) in [5.41, 5.74) is 1.86. The van der Waals surface area contributed by atoms with Crippen LogP contribution in [0.15, 0.2) is 71.6 Å². The highest BCUT2D eigenvalue weighted by molar-refractivity contribution is 7.92. The summed E-state index contributed by atoms with van der Waals surface area (Å²) in [6.07, 6.45) is 5.37. The molecule has 0 saturated heterocycles. The van der Waals surface area contributed by atoms with Gasteiger partial charge in [0.2, 0.25) is 11.8 Å². The first-order chi connectivity index (χ1) is 22.1. The third-order valence-electron chi connectivity index (χ3n) is 8.37. The maximum atomic E-state index is 14.4. The molecule has 1 aliphatic carbocycles. The molecule has 1 aliphatic rings. The molecule has 0 radical (unpaired) electrons. The van der Waals surface area contributed by atoms with Crippen LogP contribution in [0.5, 0.6) is 17.2 Å². The van der Waals surface area contributed by atoms with Crippen molar-refractivity contribution >= 4 is 27.5 Å². The lowest BCUT2D eigenvalue weighted by molar-refractivity contribution is -0.140. The molecule has 1 atom stereocenters. The van der Waals surface area contributed by atoms with Gasteiger partial charge in [0.15, 0.2) is 11.5 Å². The molecule has 0 spiro atoms. The van der Waals surface area contributed by atoms with E-state index in [9.17, 15) is 18.0 Å². The summed E-state index contributed by atoms with van der Waals surface area (Å²) in [6, 6.07) is 17.6. The number of methoxy groups -OCH3 is 3. The van der Waals surface area contributed by atoms with Gasteiger partial charge in [0.1, 0.15) is 18.3 Å². The van der Waals surface area contributed by atoms with E-state index in [-0.39, 0.29) is 29.1 Å². The second-order valence-electron chi connectivity index (χ2n) is 11.5. The fraction of sp³-hybridized carbons (Fsp3) is 0.429. The number of benzene rings is 3. The number of nitrogens with zero attached hydrogens (tertiary/aromatic N) is 2. The Labute approximate surface area is 272 Å². The third kappa shape index (κ3) is 8.31. The van der Waals surface area contributed by atoms with E-state index in [2.05, 4.69) is 5.32 Å². The molecule has 3 aromatic rings. The molecule has 10 nitrogen and oxygen atoms in total. The molecule has 1 unspecified atom stereocenters. The third-order valence-corrected chi connectivity index (χ3v) is 10.2. The fourth-order valence-electron chi connectivity index (χ4n) is 5.78. The molecular formula is C35H45N3O7S. The Morgan fingerprint density at radius 1 is 0.891 bits per heavy atom. The van der Waals surface area contributed by atoms with Crippen molar-refractivity contribution in [2.45, 2.75) is 75.9 Å². The summed E-state index contributed by atoms with van der Waals surface area (Å²) in [5, 5.41) is 3.17. The van der Waals surface area contributed by atoms with Gasteiger partial charge in [-0.05, 0) is 68.1 Å². The minimum Gasteiger partial charge on any atom is -0.497 e. The Morgan fingerprint density at radius 3 is 2.22 bits per heavy atom. The largest absolute Gasteiger partial charge is 0.497 e. The zero-order valence-corrected chi connectivity index (χ0v) is 28.1. The van der Waals surface area contributed by atoms with Crippen LogP contribution in [0.1, 0.15) is 56.6 Å². The summed E-state index contributed by atoms with van der Waals surface area (Å²) in [5.74, 6) is 0.556. The highest BCUT2D eigenvalue weighted by Crippen LogP contribution is 2.34. The molecule has 4 rings (SSSR count). The Bertz CT molecular complexity index is 1590. The van der Waals surface area contributed by atoms with E-state index in [0.717, 1.165) is 47.5 Å². The topological polar surface area (TPSA) is 114 Å². The number of ether oxygens (including phenoxy) is 3. The molecule has 1 N–H and O–H groups in total. The number of hydrogen-bond acceptors (Lipinski definition) is 7. The second-order valence-corrected chi connectivity index (χ2v) is 13.4. The van der Waals surface area contributed by atoms with Crippen molar-refractivity contribution in [1.82, 2.24) is 10.2 Å². The van der Waals surface area contributed by atoms with Gasteiger partial charge in [0.05, 0.1) is 31.9 Å². The van der Waals surface area contributed by atoms with Gasteiger partial charge in [-0.15, -0.1) is 0 Å². The first kappa shape index (κ1) is 34.6. The Balaban J connectivity index is 1.76. The first-order valence-electron chi connectivity index (χ1n) is 15.7. The Morgan fingerprint density at radius 2 is 1.59 bits per heavy atom. The van der Waals surface area contributed by atoms with Gasteiger partial charge in [0.25, 0.3) is 10.0 Å². The molecule has 46 heavy (non-hydrogen) atoms. The highest BCUT2D eigenvalue weighted by atomic mass is 32.2. The maximum Gasteiger partial charge on any atom is 0.264 e. The molecule has 0 bridgehead atoms. The minimum absolute atomic E-state index is 0.0297. The monoisotopic (exact) mass is 651 g/mol. The Kier molecular flexibility index (Phi) is 11.9. The average molecular weight is 652 g/mol. The van der Waals surface area contributed by atoms with Crippen molar-refractivity contribution in [3.8, 4) is 17.2 Å². The molecule has 248 valence electrons. The van der Waals surface area contributed by atoms with Crippen LogP contribution in [0.4, 0.5) is 5.69 Å². The van der Waals surface area contributed by atoms with Crippen LogP contribution in [0.2, 0.25) is 0 Å². The maximum absolute atomic E-state index is 14.4. The van der Waals surface area contributed by atoms with Gasteiger partial charge < -0.3 is 24.4 Å². The summed E-state index contributed by atoms with van der Waals surface area (Å²) in [4.78, 5) is 29.7. The lowest BCUT2D eigenvalue weighted by atomic mass is 9.95. The number of amides is 2. The molecule has 11 heteroatoms. The zero-order chi connectivity index (χ0) is 33.3. The van der Waals surface area contributed by atoms with Crippen molar-refractivity contribution < 1.29 is 32.2 Å². The lowest BCUT2D eigenvalue weighted by Crippen LogP contribution is -2.54. The van der Waals surface area contributed by atoms with Gasteiger partial charge in [0, 0.05) is 18.7 Å². The van der Waals surface area contributed by atoms with Crippen molar-refractivity contribution in [2.24, 2.45) is 0 Å². The van der Waals surface area contributed by atoms with E-state index in [1.165, 1.54) is 37.3 Å². The predicted molar refractivity (Wildman–Crippen MR) is 178 cm³/mol. The van der Waals surface area contributed by atoms with Crippen LogP contribution in [-0.4, -0.2) is 65.1 Å². The predicted octanol–water partition coefficient (Wildman–Crippen LogP) is 5.47. The lowest BCUT2D eigenvalue weighted by Gasteiger charge is -2.34. The van der Waals surface area contributed by atoms with Crippen LogP contribution >= 0.6 is 0 Å².